The van der Waals surface area contributed by atoms with Crippen LogP contribution in [0.1, 0.15) is 19.3 Å². The molecule has 78 valence electrons. The van der Waals surface area contributed by atoms with E-state index in [1.165, 1.54) is 0 Å². The molecule has 1 heterocycles. The lowest BCUT2D eigenvalue weighted by Crippen LogP contribution is -2.41. The predicted molar refractivity (Wildman–Crippen MR) is 57.9 cm³/mol. The van der Waals surface area contributed by atoms with Crippen LogP contribution in [0, 0.1) is 0 Å². The van der Waals surface area contributed by atoms with Gasteiger partial charge in [0, 0.05) is 16.8 Å². The average molecular weight is 212 g/mol. The van der Waals surface area contributed by atoms with Crippen LogP contribution in [-0.4, -0.2) is 28.0 Å². The maximum absolute atomic E-state index is 11.4. The second kappa shape index (κ2) is 4.57. The van der Waals surface area contributed by atoms with Crippen molar-refractivity contribution in [3.63, 3.8) is 0 Å². The Hall–Kier alpha value is -0.873. The number of carbonyl (C=O) groups is 1. The zero-order chi connectivity index (χ0) is 10.6. The van der Waals surface area contributed by atoms with E-state index in [1.54, 1.807) is 0 Å². The van der Waals surface area contributed by atoms with Crippen LogP contribution in [0.4, 0.5) is 0 Å². The molecule has 0 aliphatic carbocycles. The van der Waals surface area contributed by atoms with Gasteiger partial charge in [0.05, 0.1) is 17.1 Å². The molecule has 0 N–H and O–H groups in total. The number of rotatable bonds is 3. The molecule has 1 aliphatic rings. The summed E-state index contributed by atoms with van der Waals surface area (Å²) in [6.45, 7) is 7.81. The Bertz CT molecular complexity index is 254. The Morgan fingerprint density at radius 2 is 2.29 bits per heavy atom. The smallest absolute Gasteiger partial charge is 0.340 e. The largest absolute Gasteiger partial charge is 0.432 e. The second-order valence-electron chi connectivity index (χ2n) is 3.59. The molecule has 1 saturated heterocycles. The van der Waals surface area contributed by atoms with Gasteiger partial charge in [-0.3, -0.25) is 0 Å². The van der Waals surface area contributed by atoms with E-state index in [0.29, 0.717) is 12.2 Å². The van der Waals surface area contributed by atoms with E-state index >= 15 is 0 Å². The van der Waals surface area contributed by atoms with Gasteiger partial charge in [0.2, 0.25) is 0 Å². The summed E-state index contributed by atoms with van der Waals surface area (Å²) in [4.78, 5) is 11.4. The molecule has 0 saturated carbocycles. The highest BCUT2D eigenvalue weighted by atomic mass is 28.1. The Morgan fingerprint density at radius 1 is 1.57 bits per heavy atom. The van der Waals surface area contributed by atoms with Crippen molar-refractivity contribution in [3.05, 3.63) is 25.0 Å². The van der Waals surface area contributed by atoms with E-state index in [4.69, 9.17) is 4.74 Å². The SMILES string of the molecule is C=COC(=O)C(=C)C1([SiH3])CCCCO1. The number of esters is 1. The van der Waals surface area contributed by atoms with Gasteiger partial charge in [0.1, 0.15) is 0 Å². The van der Waals surface area contributed by atoms with E-state index in [9.17, 15) is 4.79 Å². The molecule has 14 heavy (non-hydrogen) atoms. The van der Waals surface area contributed by atoms with Crippen molar-refractivity contribution >= 4 is 16.2 Å². The number of hydrogen-bond donors (Lipinski definition) is 0. The van der Waals surface area contributed by atoms with Gasteiger partial charge in [-0.15, -0.1) is 0 Å². The first-order valence-electron chi connectivity index (χ1n) is 4.75. The van der Waals surface area contributed by atoms with Crippen LogP contribution in [0.15, 0.2) is 25.0 Å². The minimum Gasteiger partial charge on any atom is -0.432 e. The molecule has 0 aromatic heterocycles. The summed E-state index contributed by atoms with van der Waals surface area (Å²) in [6.07, 6.45) is 4.16. The van der Waals surface area contributed by atoms with Gasteiger partial charge in [-0.25, -0.2) is 4.79 Å². The molecule has 1 unspecified atom stereocenters. The van der Waals surface area contributed by atoms with Crippen molar-refractivity contribution in [3.8, 4) is 0 Å². The Balaban J connectivity index is 2.65. The van der Waals surface area contributed by atoms with Crippen molar-refractivity contribution in [1.82, 2.24) is 0 Å². The Labute approximate surface area is 87.2 Å². The topological polar surface area (TPSA) is 35.5 Å². The van der Waals surface area contributed by atoms with Crippen LogP contribution >= 0.6 is 0 Å². The van der Waals surface area contributed by atoms with Crippen LogP contribution in [0.25, 0.3) is 0 Å². The third-order valence-corrected chi connectivity index (χ3v) is 3.94. The maximum Gasteiger partial charge on any atom is 0.340 e. The second-order valence-corrected chi connectivity index (χ2v) is 5.20. The normalized spacial score (nSPS) is 26.9. The molecule has 0 amide bonds. The molecule has 4 heteroatoms. The lowest BCUT2D eigenvalue weighted by Gasteiger charge is -2.34. The van der Waals surface area contributed by atoms with Crippen molar-refractivity contribution < 1.29 is 14.3 Å². The van der Waals surface area contributed by atoms with Gasteiger partial charge < -0.3 is 9.47 Å². The van der Waals surface area contributed by atoms with E-state index in [0.717, 1.165) is 35.8 Å². The standard InChI is InChI=1S/C10H16O3Si/c1-3-12-9(11)8(2)10(14)6-4-5-7-13-10/h3H,1-2,4-7H2,14H3. The summed E-state index contributed by atoms with van der Waals surface area (Å²) in [6, 6.07) is 0. The lowest BCUT2D eigenvalue weighted by atomic mass is 10.0. The first-order valence-corrected chi connectivity index (χ1v) is 5.75. The molecule has 0 aromatic rings. The van der Waals surface area contributed by atoms with Gasteiger partial charge >= 0.3 is 5.97 Å². The van der Waals surface area contributed by atoms with E-state index < -0.39 is 11.2 Å². The highest BCUT2D eigenvalue weighted by Crippen LogP contribution is 2.28. The van der Waals surface area contributed by atoms with Crippen LogP contribution in [0.2, 0.25) is 0 Å². The van der Waals surface area contributed by atoms with Gasteiger partial charge in [0.15, 0.2) is 0 Å². The average Bonchev–Trinajstić information content (AvgIpc) is 2.18. The van der Waals surface area contributed by atoms with E-state index in [2.05, 4.69) is 17.9 Å². The molecule has 0 aromatic carbocycles. The number of hydrogen-bond acceptors (Lipinski definition) is 3. The van der Waals surface area contributed by atoms with Gasteiger partial charge in [-0.1, -0.05) is 13.2 Å². The summed E-state index contributed by atoms with van der Waals surface area (Å²) < 4.78 is 10.3. The molecule has 1 rings (SSSR count). The lowest BCUT2D eigenvalue weighted by molar-refractivity contribution is -0.136. The molecule has 0 radical (unpaired) electrons. The monoisotopic (exact) mass is 212 g/mol. The molecule has 0 spiro atoms. The summed E-state index contributed by atoms with van der Waals surface area (Å²) in [5.74, 6) is -0.420. The van der Waals surface area contributed by atoms with Crippen LogP contribution < -0.4 is 0 Å². The molecule has 3 nitrogen and oxygen atoms in total. The summed E-state index contributed by atoms with van der Waals surface area (Å²) in [7, 11) is 0.762. The molecule has 1 aliphatic heterocycles. The van der Waals surface area contributed by atoms with Gasteiger partial charge in [-0.05, 0) is 19.3 Å². The third-order valence-electron chi connectivity index (χ3n) is 2.54. The first-order chi connectivity index (χ1) is 6.60. The summed E-state index contributed by atoms with van der Waals surface area (Å²) in [5, 5.41) is -0.418. The van der Waals surface area contributed by atoms with Crippen molar-refractivity contribution in [2.24, 2.45) is 0 Å². The Kier molecular flexibility index (Phi) is 3.66. The maximum atomic E-state index is 11.4. The first kappa shape index (κ1) is 11.2. The quantitative estimate of drug-likeness (QED) is 0.296. The van der Waals surface area contributed by atoms with Crippen LogP contribution in [0.3, 0.4) is 0 Å². The molecule has 1 atom stereocenters. The van der Waals surface area contributed by atoms with E-state index in [-0.39, 0.29) is 0 Å². The predicted octanol–water partition coefficient (Wildman–Crippen LogP) is 0.491. The minimum atomic E-state index is -0.420. The third kappa shape index (κ3) is 2.33. The molecule has 1 fully saturated rings. The van der Waals surface area contributed by atoms with Crippen LogP contribution in [0.5, 0.6) is 0 Å². The molecular weight excluding hydrogens is 196 g/mol. The summed E-state index contributed by atoms with van der Waals surface area (Å²) >= 11 is 0. The van der Waals surface area contributed by atoms with E-state index in [1.807, 2.05) is 0 Å². The van der Waals surface area contributed by atoms with Crippen molar-refractivity contribution in [1.29, 1.82) is 0 Å². The minimum absolute atomic E-state index is 0.418. The van der Waals surface area contributed by atoms with Crippen molar-refractivity contribution in [2.75, 3.05) is 6.61 Å². The van der Waals surface area contributed by atoms with Gasteiger partial charge in [0.25, 0.3) is 0 Å². The highest BCUT2D eigenvalue weighted by molar-refractivity contribution is 6.20. The number of ether oxygens (including phenoxy) is 2. The molecule has 0 bridgehead atoms. The van der Waals surface area contributed by atoms with Gasteiger partial charge in [-0.2, -0.15) is 0 Å². The van der Waals surface area contributed by atoms with Crippen LogP contribution in [-0.2, 0) is 14.3 Å². The zero-order valence-electron chi connectivity index (χ0n) is 8.54. The highest BCUT2D eigenvalue weighted by Gasteiger charge is 2.35. The fourth-order valence-corrected chi connectivity index (χ4v) is 2.30. The molecular formula is C10H16O3Si. The zero-order valence-corrected chi connectivity index (χ0v) is 10.5. The number of carbonyl (C=O) groups excluding carboxylic acids is 1. The van der Waals surface area contributed by atoms with Crippen molar-refractivity contribution in [2.45, 2.75) is 24.5 Å². The Morgan fingerprint density at radius 3 is 2.79 bits per heavy atom. The fraction of sp³-hybridized carbons (Fsp3) is 0.500. The summed E-state index contributed by atoms with van der Waals surface area (Å²) in [5.41, 5.74) is 0.434. The fourth-order valence-electron chi connectivity index (χ4n) is 1.53.